The van der Waals surface area contributed by atoms with Crippen molar-refractivity contribution in [1.29, 1.82) is 0 Å². The van der Waals surface area contributed by atoms with Gasteiger partial charge in [-0.3, -0.25) is 19.2 Å². The molecule has 7 aromatic carbocycles. The number of rotatable bonds is 2. The van der Waals surface area contributed by atoms with Crippen LogP contribution in [0.15, 0.2) is 141 Å². The van der Waals surface area contributed by atoms with Gasteiger partial charge in [0.05, 0.1) is 33.1 Å². The highest BCUT2D eigenvalue weighted by Crippen LogP contribution is 2.38. The molecule has 4 heterocycles. The molecule has 0 saturated carbocycles. The van der Waals surface area contributed by atoms with Crippen LogP contribution in [0.4, 0.5) is 0 Å². The van der Waals surface area contributed by atoms with Crippen molar-refractivity contribution in [3.05, 3.63) is 184 Å². The first-order valence-corrected chi connectivity index (χ1v) is 23.7. The predicted molar refractivity (Wildman–Crippen MR) is 287 cm³/mol. The zero-order valence-corrected chi connectivity index (χ0v) is 41.1. The molecule has 0 amide bonds. The van der Waals surface area contributed by atoms with Crippen molar-refractivity contribution in [2.45, 2.75) is 105 Å². The van der Waals surface area contributed by atoms with Crippen LogP contribution < -0.4 is 21.7 Å². The SMILES string of the molecule is CC(C)(C)c1ccc(-c2ccc3c(c2)c(=O)c2cc(C(C)(C)C)cc4c(=O)c5cc6c(=O)c7cc(C(C)(C)C)cc8c(=O)c9cc(-c%10ccc(C(C)(C)C)cc%10)ccc9n(c6cc5n3c24)c87)cc1. The van der Waals surface area contributed by atoms with E-state index in [1.807, 2.05) is 66.7 Å². The Balaban J connectivity index is 1.30. The van der Waals surface area contributed by atoms with Gasteiger partial charge in [0, 0.05) is 43.1 Å². The molecule has 6 heteroatoms. The van der Waals surface area contributed by atoms with E-state index in [1.165, 1.54) is 11.1 Å². The average Bonchev–Trinajstić information content (AvgIpc) is 3.29. The van der Waals surface area contributed by atoms with E-state index in [9.17, 15) is 0 Å². The molecule has 0 N–H and O–H groups in total. The van der Waals surface area contributed by atoms with Crippen LogP contribution in [-0.4, -0.2) is 8.80 Å². The van der Waals surface area contributed by atoms with Gasteiger partial charge in [0.25, 0.3) is 0 Å². The lowest BCUT2D eigenvalue weighted by Gasteiger charge is -2.23. The molecule has 11 rings (SSSR count). The molecule has 0 fully saturated rings. The average molecular weight is 893 g/mol. The Morgan fingerprint density at radius 1 is 0.265 bits per heavy atom. The van der Waals surface area contributed by atoms with E-state index in [0.717, 1.165) is 33.4 Å². The molecule has 0 atom stereocenters. The smallest absolute Gasteiger partial charge is 0.197 e. The molecule has 0 radical (unpaired) electrons. The van der Waals surface area contributed by atoms with E-state index in [1.54, 1.807) is 6.07 Å². The van der Waals surface area contributed by atoms with E-state index in [2.05, 4.69) is 140 Å². The minimum absolute atomic E-state index is 0.00784. The van der Waals surface area contributed by atoms with Crippen LogP contribution in [0.2, 0.25) is 0 Å². The Morgan fingerprint density at radius 3 is 0.838 bits per heavy atom. The molecule has 338 valence electrons. The number of hydrogen-bond donors (Lipinski definition) is 0. The molecule has 0 unspecified atom stereocenters. The Hall–Kier alpha value is -7.18. The fourth-order valence-corrected chi connectivity index (χ4v) is 10.5. The topological polar surface area (TPSA) is 77.1 Å². The molecule has 11 aromatic rings. The van der Waals surface area contributed by atoms with Crippen LogP contribution >= 0.6 is 0 Å². The van der Waals surface area contributed by atoms with Crippen LogP contribution in [-0.2, 0) is 21.7 Å². The third-order valence-corrected chi connectivity index (χ3v) is 14.6. The lowest BCUT2D eigenvalue weighted by molar-refractivity contribution is 0.590. The summed E-state index contributed by atoms with van der Waals surface area (Å²) in [6.45, 7) is 25.7. The second-order valence-corrected chi connectivity index (χ2v) is 23.3. The normalized spacial score (nSPS) is 13.2. The molecule has 4 aromatic heterocycles. The van der Waals surface area contributed by atoms with Crippen LogP contribution in [0.25, 0.3) is 98.4 Å². The Kier molecular flexibility index (Phi) is 9.05. The summed E-state index contributed by atoms with van der Waals surface area (Å²) in [6.07, 6.45) is 0. The third-order valence-electron chi connectivity index (χ3n) is 14.6. The van der Waals surface area contributed by atoms with Gasteiger partial charge in [-0.25, -0.2) is 0 Å². The van der Waals surface area contributed by atoms with E-state index in [0.29, 0.717) is 76.2 Å². The van der Waals surface area contributed by atoms with Gasteiger partial charge < -0.3 is 8.80 Å². The zero-order chi connectivity index (χ0) is 48.3. The van der Waals surface area contributed by atoms with Crippen molar-refractivity contribution in [2.24, 2.45) is 0 Å². The zero-order valence-electron chi connectivity index (χ0n) is 41.1. The van der Waals surface area contributed by atoms with Crippen molar-refractivity contribution < 1.29 is 0 Å². The van der Waals surface area contributed by atoms with Crippen molar-refractivity contribution in [3.8, 4) is 22.3 Å². The lowest BCUT2D eigenvalue weighted by Crippen LogP contribution is -2.19. The maximum atomic E-state index is 15.2. The van der Waals surface area contributed by atoms with Gasteiger partial charge in [-0.05, 0) is 127 Å². The second kappa shape index (κ2) is 14.2. The largest absolute Gasteiger partial charge is 0.307 e. The van der Waals surface area contributed by atoms with Crippen molar-refractivity contribution in [3.63, 3.8) is 0 Å². The predicted octanol–water partition coefficient (Wildman–Crippen LogP) is 14.0. The molecule has 0 bridgehead atoms. The summed E-state index contributed by atoms with van der Waals surface area (Å²) in [7, 11) is 0. The molecular weight excluding hydrogens is 837 g/mol. The van der Waals surface area contributed by atoms with Crippen molar-refractivity contribution in [1.82, 2.24) is 8.80 Å². The minimum atomic E-state index is -0.374. The van der Waals surface area contributed by atoms with Gasteiger partial charge in [0.2, 0.25) is 0 Å². The number of hydrogen-bond acceptors (Lipinski definition) is 4. The fraction of sp³-hybridized carbons (Fsp3) is 0.258. The fourth-order valence-electron chi connectivity index (χ4n) is 10.5. The summed E-state index contributed by atoms with van der Waals surface area (Å²) in [6, 6.07) is 40.5. The van der Waals surface area contributed by atoms with Crippen LogP contribution in [0.3, 0.4) is 0 Å². The van der Waals surface area contributed by atoms with Crippen LogP contribution in [0.5, 0.6) is 0 Å². The number of fused-ring (bicyclic) bond motifs is 8. The summed E-state index contributed by atoms with van der Waals surface area (Å²) in [5, 5.41) is 3.60. The molecule has 0 spiro atoms. The van der Waals surface area contributed by atoms with Crippen LogP contribution in [0.1, 0.15) is 105 Å². The maximum absolute atomic E-state index is 15.2. The van der Waals surface area contributed by atoms with Gasteiger partial charge in [-0.2, -0.15) is 0 Å². The van der Waals surface area contributed by atoms with E-state index < -0.39 is 0 Å². The quantitative estimate of drug-likeness (QED) is 0.128. The third kappa shape index (κ3) is 6.43. The van der Waals surface area contributed by atoms with Gasteiger partial charge in [-0.15, -0.1) is 0 Å². The monoisotopic (exact) mass is 892 g/mol. The number of benzene rings is 7. The highest BCUT2D eigenvalue weighted by atomic mass is 16.1. The molecule has 6 nitrogen and oxygen atoms in total. The molecule has 0 aliphatic carbocycles. The summed E-state index contributed by atoms with van der Waals surface area (Å²) < 4.78 is 4.11. The summed E-state index contributed by atoms with van der Waals surface area (Å²) in [5.74, 6) is 0. The summed E-state index contributed by atoms with van der Waals surface area (Å²) in [4.78, 5) is 60.4. The summed E-state index contributed by atoms with van der Waals surface area (Å²) in [5.41, 5.74) is 10.0. The number of aromatic nitrogens is 2. The molecule has 0 saturated heterocycles. The van der Waals surface area contributed by atoms with Crippen LogP contribution in [0, 0.1) is 0 Å². The Bertz CT molecular complexity index is 3950. The highest BCUT2D eigenvalue weighted by Gasteiger charge is 2.27. The maximum Gasteiger partial charge on any atom is 0.197 e. The van der Waals surface area contributed by atoms with Gasteiger partial charge in [0.15, 0.2) is 21.7 Å². The van der Waals surface area contributed by atoms with Gasteiger partial charge >= 0.3 is 0 Å². The summed E-state index contributed by atoms with van der Waals surface area (Å²) >= 11 is 0. The number of pyridine rings is 4. The standard InChI is InChI=1S/C62H56N2O4/c1-59(2,3)37-19-13-33(14-20-37)35-17-23-49-41(25-35)55(65)45-27-39(61(7,8)9)29-47-53(45)63(49)51-32-52-44(31-43(51)57(47)67)58(68)48-30-40(62(10,11)12)28-46-54(48)64(52)50-24-18-36(26-42(50)56(46)66)34-15-21-38(22-16-34)60(4,5)6/h13-32H,1-12H3. The first kappa shape index (κ1) is 43.4. The van der Waals surface area contributed by atoms with E-state index in [4.69, 9.17) is 0 Å². The first-order chi connectivity index (χ1) is 31.9. The highest BCUT2D eigenvalue weighted by molar-refractivity contribution is 6.14. The second-order valence-electron chi connectivity index (χ2n) is 23.3. The molecule has 68 heavy (non-hydrogen) atoms. The van der Waals surface area contributed by atoms with Crippen molar-refractivity contribution >= 4 is 76.2 Å². The van der Waals surface area contributed by atoms with Gasteiger partial charge in [0.1, 0.15) is 0 Å². The van der Waals surface area contributed by atoms with E-state index >= 15 is 19.2 Å². The molecule has 0 aliphatic heterocycles. The Labute approximate surface area is 394 Å². The van der Waals surface area contributed by atoms with Crippen molar-refractivity contribution in [2.75, 3.05) is 0 Å². The number of nitrogens with zero attached hydrogens (tertiary/aromatic N) is 2. The lowest BCUT2D eigenvalue weighted by atomic mass is 9.84. The Morgan fingerprint density at radius 2 is 0.544 bits per heavy atom. The molecular formula is C62H56N2O4. The van der Waals surface area contributed by atoms with E-state index in [-0.39, 0.29) is 43.4 Å². The molecule has 0 aliphatic rings. The first-order valence-electron chi connectivity index (χ1n) is 23.7. The van der Waals surface area contributed by atoms with Gasteiger partial charge in [-0.1, -0.05) is 144 Å². The minimum Gasteiger partial charge on any atom is -0.307 e.